The molecule has 0 unspecified atom stereocenters. The molecule has 1 amide bonds. The monoisotopic (exact) mass is 288 g/mol. The smallest absolute Gasteiger partial charge is 0.303 e. The number of hydrazine groups is 1. The van der Waals surface area contributed by atoms with Gasteiger partial charge < -0.3 is 4.57 Å². The highest BCUT2D eigenvalue weighted by Crippen LogP contribution is 2.10. The summed E-state index contributed by atoms with van der Waals surface area (Å²) in [5.41, 5.74) is 2.73. The molecule has 0 aliphatic heterocycles. The topological polar surface area (TPSA) is 99.1 Å². The zero-order chi connectivity index (χ0) is 15.4. The first-order chi connectivity index (χ1) is 10.0. The number of hydrogen-bond donors (Lipinski definition) is 2. The highest BCUT2D eigenvalue weighted by atomic mass is 16.2. The molecule has 0 saturated carbocycles. The highest BCUT2D eigenvalue weighted by molar-refractivity contribution is 5.78. The normalized spacial score (nSPS) is 10.4. The van der Waals surface area contributed by atoms with Crippen LogP contribution in [0.4, 0.5) is 0 Å². The van der Waals surface area contributed by atoms with Gasteiger partial charge in [-0.25, -0.2) is 10.6 Å². The second kappa shape index (κ2) is 6.19. The zero-order valence-electron chi connectivity index (χ0n) is 11.6. The molecule has 0 spiro atoms. The number of nitrogens with two attached hydrogens (primary N) is 1. The van der Waals surface area contributed by atoms with Crippen LogP contribution in [0.15, 0.2) is 46.1 Å². The van der Waals surface area contributed by atoms with Gasteiger partial charge in [0.25, 0.3) is 5.56 Å². The summed E-state index contributed by atoms with van der Waals surface area (Å²) in [5, 5.41) is 0. The number of amides is 1. The van der Waals surface area contributed by atoms with E-state index in [1.807, 2.05) is 0 Å². The second-order valence-corrected chi connectivity index (χ2v) is 4.65. The molecule has 2 aromatic rings. The molecule has 7 nitrogen and oxygen atoms in total. The molecule has 0 bridgehead atoms. The van der Waals surface area contributed by atoms with E-state index in [1.165, 1.54) is 16.8 Å². The van der Waals surface area contributed by atoms with Crippen molar-refractivity contribution in [2.45, 2.75) is 13.0 Å². The standard InChI is InChI=1S/C14H16N4O3/c1-17-7-6-13(20)18(14(17)21)9-11-5-3-2-4-10(11)8-12(19)16-15/h2-7H,8-9,15H2,1H3,(H,16,19). The average molecular weight is 288 g/mol. The van der Waals surface area contributed by atoms with Crippen LogP contribution in [0.3, 0.4) is 0 Å². The Bertz CT molecular complexity index is 776. The number of aryl methyl sites for hydroxylation is 1. The first-order valence-electron chi connectivity index (χ1n) is 6.35. The van der Waals surface area contributed by atoms with Gasteiger partial charge in [0, 0.05) is 19.3 Å². The van der Waals surface area contributed by atoms with Crippen LogP contribution in [0.2, 0.25) is 0 Å². The molecule has 1 aromatic heterocycles. The van der Waals surface area contributed by atoms with Crippen LogP contribution in [0.25, 0.3) is 0 Å². The fraction of sp³-hybridized carbons (Fsp3) is 0.214. The number of nitrogens with one attached hydrogen (secondary N) is 1. The summed E-state index contributed by atoms with van der Waals surface area (Å²) >= 11 is 0. The lowest BCUT2D eigenvalue weighted by Gasteiger charge is -2.11. The van der Waals surface area contributed by atoms with E-state index in [2.05, 4.69) is 5.43 Å². The Kier molecular flexibility index (Phi) is 4.34. The molecule has 3 N–H and O–H groups in total. The maximum atomic E-state index is 12.0. The van der Waals surface area contributed by atoms with Gasteiger partial charge in [-0.05, 0) is 11.1 Å². The summed E-state index contributed by atoms with van der Waals surface area (Å²) < 4.78 is 2.45. The Morgan fingerprint density at radius 2 is 1.86 bits per heavy atom. The van der Waals surface area contributed by atoms with E-state index in [0.29, 0.717) is 0 Å². The van der Waals surface area contributed by atoms with E-state index in [9.17, 15) is 14.4 Å². The summed E-state index contributed by atoms with van der Waals surface area (Å²) in [7, 11) is 1.58. The highest BCUT2D eigenvalue weighted by Gasteiger charge is 2.10. The molecular formula is C14H16N4O3. The first kappa shape index (κ1) is 14.7. The molecule has 21 heavy (non-hydrogen) atoms. The zero-order valence-corrected chi connectivity index (χ0v) is 11.6. The molecular weight excluding hydrogens is 272 g/mol. The lowest BCUT2D eigenvalue weighted by atomic mass is 10.0. The van der Waals surface area contributed by atoms with Crippen LogP contribution in [0, 0.1) is 0 Å². The van der Waals surface area contributed by atoms with E-state index in [-0.39, 0.29) is 24.4 Å². The van der Waals surface area contributed by atoms with Crippen molar-refractivity contribution in [1.29, 1.82) is 0 Å². The molecule has 0 aliphatic carbocycles. The summed E-state index contributed by atoms with van der Waals surface area (Å²) in [6, 6.07) is 8.45. The van der Waals surface area contributed by atoms with Crippen LogP contribution >= 0.6 is 0 Å². The average Bonchev–Trinajstić information content (AvgIpc) is 2.49. The lowest BCUT2D eigenvalue weighted by Crippen LogP contribution is -2.38. The number of carbonyl (C=O) groups is 1. The number of hydrogen-bond acceptors (Lipinski definition) is 4. The summed E-state index contributed by atoms with van der Waals surface area (Å²) in [4.78, 5) is 35.3. The summed E-state index contributed by atoms with van der Waals surface area (Å²) in [6.45, 7) is 0.111. The summed E-state index contributed by atoms with van der Waals surface area (Å²) in [6.07, 6.45) is 1.52. The third kappa shape index (κ3) is 3.26. The number of aromatic nitrogens is 2. The molecule has 0 aliphatic rings. The minimum absolute atomic E-state index is 0.0918. The molecule has 0 fully saturated rings. The van der Waals surface area contributed by atoms with Crippen molar-refractivity contribution >= 4 is 5.91 Å². The molecule has 110 valence electrons. The Labute approximate surface area is 120 Å². The Hall–Kier alpha value is -2.67. The predicted octanol–water partition coefficient (Wildman–Crippen LogP) is -0.872. The van der Waals surface area contributed by atoms with Crippen molar-refractivity contribution in [3.05, 3.63) is 68.5 Å². The number of benzene rings is 1. The number of nitrogens with zero attached hydrogens (tertiary/aromatic N) is 2. The van der Waals surface area contributed by atoms with E-state index < -0.39 is 5.69 Å². The van der Waals surface area contributed by atoms with Gasteiger partial charge in [0.2, 0.25) is 5.91 Å². The van der Waals surface area contributed by atoms with Crippen molar-refractivity contribution in [3.63, 3.8) is 0 Å². The summed E-state index contributed by atoms with van der Waals surface area (Å²) in [5.74, 6) is 4.75. The minimum atomic E-state index is -0.402. The predicted molar refractivity (Wildman–Crippen MR) is 77.5 cm³/mol. The lowest BCUT2D eigenvalue weighted by molar-refractivity contribution is -0.120. The van der Waals surface area contributed by atoms with Crippen molar-refractivity contribution in [2.24, 2.45) is 12.9 Å². The van der Waals surface area contributed by atoms with Gasteiger partial charge in [0.05, 0.1) is 13.0 Å². The van der Waals surface area contributed by atoms with E-state index >= 15 is 0 Å². The van der Waals surface area contributed by atoms with Crippen LogP contribution in [-0.4, -0.2) is 15.0 Å². The van der Waals surface area contributed by atoms with Crippen LogP contribution in [-0.2, 0) is 24.8 Å². The SMILES string of the molecule is Cn1ccc(=O)n(Cc2ccccc2CC(=O)NN)c1=O. The first-order valence-corrected chi connectivity index (χ1v) is 6.35. The van der Waals surface area contributed by atoms with E-state index in [4.69, 9.17) is 5.84 Å². The fourth-order valence-electron chi connectivity index (χ4n) is 2.04. The van der Waals surface area contributed by atoms with Gasteiger partial charge >= 0.3 is 5.69 Å². The van der Waals surface area contributed by atoms with Crippen molar-refractivity contribution in [2.75, 3.05) is 0 Å². The second-order valence-electron chi connectivity index (χ2n) is 4.65. The third-order valence-corrected chi connectivity index (χ3v) is 3.20. The Balaban J connectivity index is 2.41. The quantitative estimate of drug-likeness (QED) is 0.434. The maximum absolute atomic E-state index is 12.0. The van der Waals surface area contributed by atoms with Crippen LogP contribution < -0.4 is 22.5 Å². The molecule has 0 radical (unpaired) electrons. The molecule has 1 aromatic carbocycles. The Morgan fingerprint density at radius 3 is 2.52 bits per heavy atom. The third-order valence-electron chi connectivity index (χ3n) is 3.20. The van der Waals surface area contributed by atoms with E-state index in [0.717, 1.165) is 15.7 Å². The van der Waals surface area contributed by atoms with Crippen molar-refractivity contribution in [3.8, 4) is 0 Å². The Morgan fingerprint density at radius 1 is 1.19 bits per heavy atom. The molecule has 1 heterocycles. The number of rotatable bonds is 4. The fourth-order valence-corrected chi connectivity index (χ4v) is 2.04. The van der Waals surface area contributed by atoms with E-state index in [1.54, 1.807) is 31.3 Å². The van der Waals surface area contributed by atoms with Gasteiger partial charge in [-0.2, -0.15) is 0 Å². The number of carbonyl (C=O) groups excluding carboxylic acids is 1. The largest absolute Gasteiger partial charge is 0.331 e. The van der Waals surface area contributed by atoms with Crippen molar-refractivity contribution < 1.29 is 4.79 Å². The molecule has 2 rings (SSSR count). The van der Waals surface area contributed by atoms with Crippen LogP contribution in [0.1, 0.15) is 11.1 Å². The van der Waals surface area contributed by atoms with Gasteiger partial charge in [-0.3, -0.25) is 19.6 Å². The van der Waals surface area contributed by atoms with Gasteiger partial charge in [-0.15, -0.1) is 0 Å². The van der Waals surface area contributed by atoms with Gasteiger partial charge in [-0.1, -0.05) is 24.3 Å². The minimum Gasteiger partial charge on any atom is -0.303 e. The van der Waals surface area contributed by atoms with Gasteiger partial charge in [0.15, 0.2) is 0 Å². The maximum Gasteiger partial charge on any atom is 0.331 e. The van der Waals surface area contributed by atoms with Crippen LogP contribution in [0.5, 0.6) is 0 Å². The van der Waals surface area contributed by atoms with Crippen molar-refractivity contribution in [1.82, 2.24) is 14.6 Å². The molecule has 0 saturated heterocycles. The molecule has 0 atom stereocenters. The van der Waals surface area contributed by atoms with Gasteiger partial charge in [0.1, 0.15) is 0 Å². The molecule has 7 heteroatoms.